The molecule has 2 aromatic carbocycles. The lowest BCUT2D eigenvalue weighted by molar-refractivity contribution is 0.509. The minimum atomic E-state index is -1.05. The van der Waals surface area contributed by atoms with Gasteiger partial charge < -0.3 is 5.73 Å². The predicted octanol–water partition coefficient (Wildman–Crippen LogP) is 4.01. The first-order valence-electron chi connectivity index (χ1n) is 4.69. The van der Waals surface area contributed by atoms with Crippen molar-refractivity contribution in [2.75, 3.05) is 5.73 Å². The molecule has 0 heterocycles. The molecule has 0 aliphatic carbocycles. The van der Waals surface area contributed by atoms with Crippen LogP contribution >= 0.6 is 11.6 Å². The van der Waals surface area contributed by atoms with Crippen LogP contribution in [0.5, 0.6) is 0 Å². The highest BCUT2D eigenvalue weighted by Crippen LogP contribution is 2.31. The summed E-state index contributed by atoms with van der Waals surface area (Å²) in [4.78, 5) is 0. The highest BCUT2D eigenvalue weighted by molar-refractivity contribution is 6.33. The summed E-state index contributed by atoms with van der Waals surface area (Å²) in [5.41, 5.74) is 5.84. The number of hydrogen-bond acceptors (Lipinski definition) is 1. The number of halogens is 4. The molecule has 2 aromatic rings. The van der Waals surface area contributed by atoms with Gasteiger partial charge in [0.15, 0.2) is 11.6 Å². The number of rotatable bonds is 1. The number of nitrogen functional groups attached to an aromatic ring is 1. The molecule has 17 heavy (non-hydrogen) atoms. The fourth-order valence-electron chi connectivity index (χ4n) is 1.44. The van der Waals surface area contributed by atoms with E-state index in [2.05, 4.69) is 0 Å². The maximum atomic E-state index is 13.2. The molecular formula is C12H7ClF3N. The van der Waals surface area contributed by atoms with E-state index in [1.165, 1.54) is 12.1 Å². The van der Waals surface area contributed by atoms with Crippen molar-refractivity contribution in [2.24, 2.45) is 0 Å². The van der Waals surface area contributed by atoms with Crippen LogP contribution in [0.4, 0.5) is 18.9 Å². The van der Waals surface area contributed by atoms with Crippen molar-refractivity contribution < 1.29 is 13.2 Å². The van der Waals surface area contributed by atoms with Crippen molar-refractivity contribution >= 4 is 17.3 Å². The van der Waals surface area contributed by atoms with Gasteiger partial charge in [0.05, 0.1) is 10.7 Å². The SMILES string of the molecule is Nc1ccc(-c2cc(F)c(F)cc2Cl)cc1F. The molecule has 0 saturated carbocycles. The van der Waals surface area contributed by atoms with E-state index in [4.69, 9.17) is 17.3 Å². The average molecular weight is 258 g/mol. The number of nitrogens with two attached hydrogens (primary N) is 1. The summed E-state index contributed by atoms with van der Waals surface area (Å²) >= 11 is 5.77. The van der Waals surface area contributed by atoms with Crippen LogP contribution < -0.4 is 5.73 Å². The zero-order chi connectivity index (χ0) is 12.6. The molecule has 0 saturated heterocycles. The van der Waals surface area contributed by atoms with Gasteiger partial charge in [-0.15, -0.1) is 0 Å². The summed E-state index contributed by atoms with van der Waals surface area (Å²) in [5.74, 6) is -2.72. The van der Waals surface area contributed by atoms with Crippen LogP contribution in [0.15, 0.2) is 30.3 Å². The molecule has 2 rings (SSSR count). The Morgan fingerprint density at radius 2 is 1.53 bits per heavy atom. The number of benzene rings is 2. The van der Waals surface area contributed by atoms with Gasteiger partial charge in [-0.2, -0.15) is 0 Å². The van der Waals surface area contributed by atoms with E-state index < -0.39 is 17.5 Å². The van der Waals surface area contributed by atoms with Gasteiger partial charge >= 0.3 is 0 Å². The smallest absolute Gasteiger partial charge is 0.160 e. The molecule has 2 N–H and O–H groups in total. The summed E-state index contributed by atoms with van der Waals surface area (Å²) in [6, 6.07) is 5.70. The second-order valence-electron chi connectivity index (χ2n) is 3.48. The fraction of sp³-hybridized carbons (Fsp3) is 0. The van der Waals surface area contributed by atoms with Gasteiger partial charge in [0.25, 0.3) is 0 Å². The van der Waals surface area contributed by atoms with Crippen molar-refractivity contribution in [1.29, 1.82) is 0 Å². The zero-order valence-electron chi connectivity index (χ0n) is 8.48. The molecule has 0 atom stereocenters. The number of anilines is 1. The van der Waals surface area contributed by atoms with Crippen LogP contribution in [-0.2, 0) is 0 Å². The molecule has 5 heteroatoms. The van der Waals surface area contributed by atoms with Crippen molar-refractivity contribution in [2.45, 2.75) is 0 Å². The normalized spacial score (nSPS) is 10.6. The lowest BCUT2D eigenvalue weighted by atomic mass is 10.0. The minimum Gasteiger partial charge on any atom is -0.396 e. The first-order chi connectivity index (χ1) is 7.99. The molecule has 1 nitrogen and oxygen atoms in total. The Bertz CT molecular complexity index is 584. The van der Waals surface area contributed by atoms with E-state index in [9.17, 15) is 13.2 Å². The third-order valence-corrected chi connectivity index (χ3v) is 2.63. The van der Waals surface area contributed by atoms with Gasteiger partial charge in [-0.05, 0) is 29.8 Å². The molecule has 0 fully saturated rings. The lowest BCUT2D eigenvalue weighted by Crippen LogP contribution is -1.92. The standard InChI is InChI=1S/C12H7ClF3N/c13-8-5-10(15)9(14)4-7(8)6-1-2-12(17)11(16)3-6/h1-5H,17H2. The highest BCUT2D eigenvalue weighted by Gasteiger charge is 2.11. The lowest BCUT2D eigenvalue weighted by Gasteiger charge is -2.06. The summed E-state index contributed by atoms with van der Waals surface area (Å²) in [5, 5.41) is 0.00747. The van der Waals surface area contributed by atoms with Gasteiger partial charge in [0.1, 0.15) is 5.82 Å². The third kappa shape index (κ3) is 2.22. The predicted molar refractivity (Wildman–Crippen MR) is 61.2 cm³/mol. The molecular weight excluding hydrogens is 251 g/mol. The Hall–Kier alpha value is -1.68. The van der Waals surface area contributed by atoms with Crippen molar-refractivity contribution in [3.05, 3.63) is 52.8 Å². The van der Waals surface area contributed by atoms with E-state index in [-0.39, 0.29) is 16.3 Å². The first kappa shape index (κ1) is 11.8. The monoisotopic (exact) mass is 257 g/mol. The maximum absolute atomic E-state index is 13.2. The second kappa shape index (κ2) is 4.30. The molecule has 0 unspecified atom stereocenters. The van der Waals surface area contributed by atoms with Gasteiger partial charge in [-0.3, -0.25) is 0 Å². The Kier molecular flexibility index (Phi) is 2.98. The van der Waals surface area contributed by atoms with E-state index in [1.54, 1.807) is 0 Å². The Balaban J connectivity index is 2.60. The quantitative estimate of drug-likeness (QED) is 0.606. The van der Waals surface area contributed by atoms with E-state index >= 15 is 0 Å². The molecule has 0 aromatic heterocycles. The van der Waals surface area contributed by atoms with E-state index in [0.29, 0.717) is 5.56 Å². The van der Waals surface area contributed by atoms with Crippen LogP contribution in [0, 0.1) is 17.5 Å². The van der Waals surface area contributed by atoms with E-state index in [1.807, 2.05) is 0 Å². The third-order valence-electron chi connectivity index (χ3n) is 2.32. The molecule has 0 aliphatic rings. The molecule has 0 bridgehead atoms. The average Bonchev–Trinajstić information content (AvgIpc) is 2.27. The maximum Gasteiger partial charge on any atom is 0.160 e. The molecule has 0 amide bonds. The molecule has 0 spiro atoms. The Labute approximate surface area is 101 Å². The highest BCUT2D eigenvalue weighted by atomic mass is 35.5. The van der Waals surface area contributed by atoms with Gasteiger partial charge in [0.2, 0.25) is 0 Å². The molecule has 88 valence electrons. The Morgan fingerprint density at radius 1 is 0.882 bits per heavy atom. The Morgan fingerprint density at radius 3 is 2.18 bits per heavy atom. The van der Waals surface area contributed by atoms with Crippen LogP contribution in [0.3, 0.4) is 0 Å². The summed E-state index contributed by atoms with van der Waals surface area (Å²) in [6.07, 6.45) is 0. The topological polar surface area (TPSA) is 26.0 Å². The largest absolute Gasteiger partial charge is 0.396 e. The molecule has 0 aliphatic heterocycles. The minimum absolute atomic E-state index is 0.00747. The van der Waals surface area contributed by atoms with Crippen molar-refractivity contribution in [3.63, 3.8) is 0 Å². The summed E-state index contributed by atoms with van der Waals surface area (Å²) in [6.45, 7) is 0. The molecule has 0 radical (unpaired) electrons. The second-order valence-corrected chi connectivity index (χ2v) is 3.89. The van der Waals surface area contributed by atoms with Crippen LogP contribution in [-0.4, -0.2) is 0 Å². The summed E-state index contributed by atoms with van der Waals surface area (Å²) < 4.78 is 39.2. The van der Waals surface area contributed by atoms with Crippen molar-refractivity contribution in [1.82, 2.24) is 0 Å². The van der Waals surface area contributed by atoms with Crippen LogP contribution in [0.25, 0.3) is 11.1 Å². The van der Waals surface area contributed by atoms with Crippen molar-refractivity contribution in [3.8, 4) is 11.1 Å². The van der Waals surface area contributed by atoms with Gasteiger partial charge in [-0.25, -0.2) is 13.2 Å². The number of hydrogen-bond donors (Lipinski definition) is 1. The zero-order valence-corrected chi connectivity index (χ0v) is 9.23. The van der Waals surface area contributed by atoms with Gasteiger partial charge in [0, 0.05) is 5.56 Å². The fourth-order valence-corrected chi connectivity index (χ4v) is 1.70. The van der Waals surface area contributed by atoms with E-state index in [0.717, 1.165) is 18.2 Å². The summed E-state index contributed by atoms with van der Waals surface area (Å²) in [7, 11) is 0. The first-order valence-corrected chi connectivity index (χ1v) is 5.07. The van der Waals surface area contributed by atoms with Crippen LogP contribution in [0.1, 0.15) is 0 Å². The van der Waals surface area contributed by atoms with Crippen LogP contribution in [0.2, 0.25) is 5.02 Å². The van der Waals surface area contributed by atoms with Gasteiger partial charge in [-0.1, -0.05) is 17.7 Å².